The van der Waals surface area contributed by atoms with E-state index in [2.05, 4.69) is 41.0 Å². The summed E-state index contributed by atoms with van der Waals surface area (Å²) < 4.78 is 0. The summed E-state index contributed by atoms with van der Waals surface area (Å²) >= 11 is 0. The smallest absolute Gasteiger partial charge is 0.00205 e. The summed E-state index contributed by atoms with van der Waals surface area (Å²) in [5, 5.41) is 7.08. The third kappa shape index (κ3) is 6.53. The maximum atomic E-state index is 3.58. The number of aryl methyl sites for hydroxylation is 1. The Bertz CT molecular complexity index is 331. The van der Waals surface area contributed by atoms with Crippen molar-refractivity contribution in [3.63, 3.8) is 0 Å². The lowest BCUT2D eigenvalue weighted by Gasteiger charge is -2.22. The normalized spacial score (nSPS) is 19.1. The summed E-state index contributed by atoms with van der Waals surface area (Å²) in [6, 6.07) is 10.8. The van der Waals surface area contributed by atoms with Crippen molar-refractivity contribution in [3.8, 4) is 0 Å². The largest absolute Gasteiger partial charge is 0.317 e. The van der Waals surface area contributed by atoms with E-state index in [9.17, 15) is 0 Å². The molecule has 0 amide bonds. The van der Waals surface area contributed by atoms with Crippen molar-refractivity contribution in [3.05, 3.63) is 35.9 Å². The minimum atomic E-state index is 0.946. The van der Waals surface area contributed by atoms with Crippen molar-refractivity contribution in [1.29, 1.82) is 0 Å². The summed E-state index contributed by atoms with van der Waals surface area (Å²) in [4.78, 5) is 0. The first kappa shape index (κ1) is 15.5. The molecular formula is C18H30N2. The molecule has 0 bridgehead atoms. The SMILES string of the molecule is c1ccc(CCCNCCCCC2CCCNC2)cc1. The average molecular weight is 274 g/mol. The van der Waals surface area contributed by atoms with Crippen LogP contribution in [-0.4, -0.2) is 26.2 Å². The van der Waals surface area contributed by atoms with E-state index in [1.807, 2.05) is 0 Å². The van der Waals surface area contributed by atoms with Crippen molar-refractivity contribution >= 4 is 0 Å². The lowest BCUT2D eigenvalue weighted by molar-refractivity contribution is 0.347. The maximum absolute atomic E-state index is 3.58. The Hall–Kier alpha value is -0.860. The van der Waals surface area contributed by atoms with Gasteiger partial charge in [0.25, 0.3) is 0 Å². The van der Waals surface area contributed by atoms with Crippen LogP contribution in [0, 0.1) is 5.92 Å². The van der Waals surface area contributed by atoms with Gasteiger partial charge >= 0.3 is 0 Å². The molecule has 0 radical (unpaired) electrons. The summed E-state index contributed by atoms with van der Waals surface area (Å²) in [7, 11) is 0. The maximum Gasteiger partial charge on any atom is -0.00205 e. The van der Waals surface area contributed by atoms with Gasteiger partial charge in [-0.3, -0.25) is 0 Å². The number of piperidine rings is 1. The van der Waals surface area contributed by atoms with Crippen LogP contribution in [0.2, 0.25) is 0 Å². The molecule has 1 heterocycles. The highest BCUT2D eigenvalue weighted by atomic mass is 14.9. The topological polar surface area (TPSA) is 24.1 Å². The summed E-state index contributed by atoms with van der Waals surface area (Å²) in [5.74, 6) is 0.946. The minimum absolute atomic E-state index is 0.946. The molecule has 1 saturated heterocycles. The van der Waals surface area contributed by atoms with Gasteiger partial charge in [-0.2, -0.15) is 0 Å². The van der Waals surface area contributed by atoms with Crippen molar-refractivity contribution < 1.29 is 0 Å². The van der Waals surface area contributed by atoms with Crippen LogP contribution in [0.3, 0.4) is 0 Å². The van der Waals surface area contributed by atoms with E-state index in [4.69, 9.17) is 0 Å². The molecule has 1 aliphatic heterocycles. The van der Waals surface area contributed by atoms with E-state index in [-0.39, 0.29) is 0 Å². The fraction of sp³-hybridized carbons (Fsp3) is 0.667. The zero-order valence-electron chi connectivity index (χ0n) is 12.7. The van der Waals surface area contributed by atoms with Gasteiger partial charge in [0.1, 0.15) is 0 Å². The molecule has 2 N–H and O–H groups in total. The van der Waals surface area contributed by atoms with Crippen molar-refractivity contribution in [2.24, 2.45) is 5.92 Å². The second-order valence-corrected chi connectivity index (χ2v) is 6.05. The second kappa shape index (κ2) is 9.95. The predicted octanol–water partition coefficient (Wildman–Crippen LogP) is 3.38. The molecule has 0 aromatic heterocycles. The van der Waals surface area contributed by atoms with E-state index in [0.717, 1.165) is 12.5 Å². The molecule has 1 fully saturated rings. The third-order valence-corrected chi connectivity index (χ3v) is 4.28. The number of benzene rings is 1. The Morgan fingerprint density at radius 3 is 2.70 bits per heavy atom. The second-order valence-electron chi connectivity index (χ2n) is 6.05. The monoisotopic (exact) mass is 274 g/mol. The summed E-state index contributed by atoms with van der Waals surface area (Å²) in [6.07, 6.45) is 9.40. The number of unbranched alkanes of at least 4 members (excludes halogenated alkanes) is 1. The van der Waals surface area contributed by atoms with Gasteiger partial charge in [0.2, 0.25) is 0 Å². The fourth-order valence-corrected chi connectivity index (χ4v) is 3.04. The molecular weight excluding hydrogens is 244 g/mol. The Balaban J connectivity index is 1.38. The summed E-state index contributed by atoms with van der Waals surface area (Å²) in [6.45, 7) is 4.83. The van der Waals surface area contributed by atoms with E-state index in [1.54, 1.807) is 0 Å². The zero-order valence-corrected chi connectivity index (χ0v) is 12.7. The number of hydrogen-bond acceptors (Lipinski definition) is 2. The minimum Gasteiger partial charge on any atom is -0.317 e. The Morgan fingerprint density at radius 1 is 1.05 bits per heavy atom. The van der Waals surface area contributed by atoms with E-state index in [0.29, 0.717) is 0 Å². The molecule has 112 valence electrons. The lowest BCUT2D eigenvalue weighted by atomic mass is 9.94. The van der Waals surface area contributed by atoms with Gasteiger partial charge in [-0.05, 0) is 76.2 Å². The van der Waals surface area contributed by atoms with Crippen molar-refractivity contribution in [1.82, 2.24) is 10.6 Å². The van der Waals surface area contributed by atoms with Crippen molar-refractivity contribution in [2.75, 3.05) is 26.2 Å². The average Bonchev–Trinajstić information content (AvgIpc) is 2.52. The Kier molecular flexibility index (Phi) is 7.73. The molecule has 0 aliphatic carbocycles. The Morgan fingerprint density at radius 2 is 1.90 bits per heavy atom. The molecule has 1 aromatic carbocycles. The molecule has 1 unspecified atom stereocenters. The van der Waals surface area contributed by atoms with Crippen LogP contribution < -0.4 is 10.6 Å². The van der Waals surface area contributed by atoms with Gasteiger partial charge in [0.15, 0.2) is 0 Å². The molecule has 2 nitrogen and oxygen atoms in total. The van der Waals surface area contributed by atoms with Crippen LogP contribution in [0.15, 0.2) is 30.3 Å². The van der Waals surface area contributed by atoms with E-state index in [1.165, 1.54) is 70.1 Å². The van der Waals surface area contributed by atoms with Gasteiger partial charge in [-0.25, -0.2) is 0 Å². The van der Waals surface area contributed by atoms with Gasteiger partial charge in [-0.1, -0.05) is 36.8 Å². The van der Waals surface area contributed by atoms with Gasteiger partial charge in [-0.15, -0.1) is 0 Å². The molecule has 2 rings (SSSR count). The number of nitrogens with one attached hydrogen (secondary N) is 2. The van der Waals surface area contributed by atoms with Crippen LogP contribution in [0.4, 0.5) is 0 Å². The van der Waals surface area contributed by atoms with E-state index >= 15 is 0 Å². The van der Waals surface area contributed by atoms with Crippen LogP contribution in [-0.2, 0) is 6.42 Å². The predicted molar refractivity (Wildman–Crippen MR) is 87.1 cm³/mol. The van der Waals surface area contributed by atoms with Crippen LogP contribution in [0.5, 0.6) is 0 Å². The highest BCUT2D eigenvalue weighted by Gasteiger charge is 2.11. The molecule has 0 saturated carbocycles. The quantitative estimate of drug-likeness (QED) is 0.675. The molecule has 1 aliphatic rings. The highest BCUT2D eigenvalue weighted by molar-refractivity contribution is 5.14. The lowest BCUT2D eigenvalue weighted by Crippen LogP contribution is -2.29. The molecule has 1 atom stereocenters. The van der Waals surface area contributed by atoms with E-state index < -0.39 is 0 Å². The molecule has 20 heavy (non-hydrogen) atoms. The number of rotatable bonds is 9. The standard InChI is InChI=1S/C18H30N2/c1-2-8-17(9-3-1)11-6-14-19-13-5-4-10-18-12-7-15-20-16-18/h1-3,8-9,18-20H,4-7,10-16H2. The van der Waals surface area contributed by atoms with Crippen molar-refractivity contribution in [2.45, 2.75) is 44.9 Å². The fourth-order valence-electron chi connectivity index (χ4n) is 3.04. The first-order valence-corrected chi connectivity index (χ1v) is 8.40. The first-order chi connectivity index (χ1) is 9.95. The zero-order chi connectivity index (χ0) is 13.9. The molecule has 2 heteroatoms. The van der Waals surface area contributed by atoms with Crippen LogP contribution in [0.25, 0.3) is 0 Å². The third-order valence-electron chi connectivity index (χ3n) is 4.28. The summed E-state index contributed by atoms with van der Waals surface area (Å²) in [5.41, 5.74) is 1.46. The molecule has 0 spiro atoms. The van der Waals surface area contributed by atoms with Gasteiger partial charge in [0.05, 0.1) is 0 Å². The highest BCUT2D eigenvalue weighted by Crippen LogP contribution is 2.16. The van der Waals surface area contributed by atoms with Crippen LogP contribution >= 0.6 is 0 Å². The first-order valence-electron chi connectivity index (χ1n) is 8.40. The Labute approximate surface area is 124 Å². The number of hydrogen-bond donors (Lipinski definition) is 2. The van der Waals surface area contributed by atoms with Crippen LogP contribution in [0.1, 0.15) is 44.1 Å². The van der Waals surface area contributed by atoms with Gasteiger partial charge in [0, 0.05) is 0 Å². The van der Waals surface area contributed by atoms with Gasteiger partial charge < -0.3 is 10.6 Å². The molecule has 1 aromatic rings.